The number of nitrogens with zero attached hydrogens (tertiary/aromatic N) is 1. The van der Waals surface area contributed by atoms with E-state index < -0.39 is 22.0 Å². The van der Waals surface area contributed by atoms with Crippen molar-refractivity contribution in [2.75, 3.05) is 17.5 Å². The molecule has 1 N–H and O–H groups in total. The fourth-order valence-electron chi connectivity index (χ4n) is 4.01. The number of anilines is 1. The molecule has 0 aliphatic heterocycles. The summed E-state index contributed by atoms with van der Waals surface area (Å²) in [4.78, 5) is 13.6. The molecule has 1 amide bonds. The highest BCUT2D eigenvalue weighted by molar-refractivity contribution is 7.92. The third kappa shape index (κ3) is 6.37. The molecule has 0 fully saturated rings. The van der Waals surface area contributed by atoms with E-state index in [0.29, 0.717) is 18.0 Å². The number of aryl methyl sites for hydroxylation is 1. The molecule has 190 valence electrons. The lowest BCUT2D eigenvalue weighted by Crippen LogP contribution is -2.42. The summed E-state index contributed by atoms with van der Waals surface area (Å²) in [6.07, 6.45) is 0. The summed E-state index contributed by atoms with van der Waals surface area (Å²) in [6, 6.07) is 31.9. The van der Waals surface area contributed by atoms with Crippen LogP contribution in [0.4, 0.5) is 5.69 Å². The van der Waals surface area contributed by atoms with Gasteiger partial charge in [-0.3, -0.25) is 9.10 Å². The fraction of sp³-hybridized carbons (Fsp3) is 0.167. The van der Waals surface area contributed by atoms with Gasteiger partial charge in [0, 0.05) is 0 Å². The Morgan fingerprint density at radius 1 is 0.811 bits per heavy atom. The minimum absolute atomic E-state index is 0.106. The Balaban J connectivity index is 1.67. The van der Waals surface area contributed by atoms with Gasteiger partial charge in [0.15, 0.2) is 0 Å². The van der Waals surface area contributed by atoms with Crippen molar-refractivity contribution in [3.05, 3.63) is 126 Å². The molecule has 0 aliphatic carbocycles. The molecule has 0 saturated carbocycles. The molecule has 4 aromatic rings. The zero-order chi connectivity index (χ0) is 26.3. The Labute approximate surface area is 218 Å². The lowest BCUT2D eigenvalue weighted by molar-refractivity contribution is -0.120. The number of hydrogen-bond donors (Lipinski definition) is 1. The lowest BCUT2D eigenvalue weighted by atomic mass is 9.98. The van der Waals surface area contributed by atoms with Gasteiger partial charge in [0.05, 0.1) is 23.2 Å². The first-order chi connectivity index (χ1) is 17.9. The first-order valence-electron chi connectivity index (χ1n) is 12.1. The maximum atomic E-state index is 13.7. The van der Waals surface area contributed by atoms with Gasteiger partial charge in [-0.1, -0.05) is 78.4 Å². The smallest absolute Gasteiger partial charge is 0.264 e. The van der Waals surface area contributed by atoms with Crippen LogP contribution in [-0.2, 0) is 14.8 Å². The number of benzene rings is 4. The third-order valence-electron chi connectivity index (χ3n) is 5.90. The average Bonchev–Trinajstić information content (AvgIpc) is 2.93. The molecule has 1 atom stereocenters. The number of amides is 1. The summed E-state index contributed by atoms with van der Waals surface area (Å²) in [5.74, 6) is 0.194. The molecular formula is C30H30N2O4S. The predicted octanol–water partition coefficient (Wildman–Crippen LogP) is 5.49. The van der Waals surface area contributed by atoms with Crippen molar-refractivity contribution in [3.63, 3.8) is 0 Å². The van der Waals surface area contributed by atoms with Crippen molar-refractivity contribution in [2.24, 2.45) is 0 Å². The molecular weight excluding hydrogens is 484 g/mol. The Morgan fingerprint density at radius 2 is 1.38 bits per heavy atom. The van der Waals surface area contributed by atoms with E-state index >= 15 is 0 Å². The van der Waals surface area contributed by atoms with Gasteiger partial charge < -0.3 is 10.1 Å². The van der Waals surface area contributed by atoms with Gasteiger partial charge >= 0.3 is 0 Å². The monoisotopic (exact) mass is 514 g/mol. The second-order valence-electron chi connectivity index (χ2n) is 8.57. The van der Waals surface area contributed by atoms with Gasteiger partial charge in [-0.15, -0.1) is 0 Å². The van der Waals surface area contributed by atoms with Crippen LogP contribution < -0.4 is 14.4 Å². The molecule has 37 heavy (non-hydrogen) atoms. The second kappa shape index (κ2) is 11.8. The van der Waals surface area contributed by atoms with Gasteiger partial charge in [-0.05, 0) is 61.4 Å². The van der Waals surface area contributed by atoms with Crippen LogP contribution in [0.25, 0.3) is 0 Å². The normalized spacial score (nSPS) is 11.9. The molecule has 0 saturated heterocycles. The molecule has 0 radical (unpaired) electrons. The van der Waals surface area contributed by atoms with Crippen molar-refractivity contribution in [3.8, 4) is 5.75 Å². The predicted molar refractivity (Wildman–Crippen MR) is 146 cm³/mol. The molecule has 0 bridgehead atoms. The Morgan fingerprint density at radius 3 is 1.97 bits per heavy atom. The summed E-state index contributed by atoms with van der Waals surface area (Å²) in [5, 5.41) is 3.05. The average molecular weight is 515 g/mol. The summed E-state index contributed by atoms with van der Waals surface area (Å²) in [6.45, 7) is 3.98. The Hall–Kier alpha value is -4.10. The van der Waals surface area contributed by atoms with Crippen LogP contribution in [0.15, 0.2) is 114 Å². The van der Waals surface area contributed by atoms with Gasteiger partial charge in [-0.2, -0.15) is 0 Å². The van der Waals surface area contributed by atoms with Crippen molar-refractivity contribution >= 4 is 21.6 Å². The van der Waals surface area contributed by atoms with Gasteiger partial charge in [0.1, 0.15) is 12.3 Å². The first-order valence-corrected chi connectivity index (χ1v) is 13.5. The van der Waals surface area contributed by atoms with Crippen LogP contribution in [0.3, 0.4) is 0 Å². The van der Waals surface area contributed by atoms with E-state index in [-0.39, 0.29) is 11.4 Å². The number of carbonyl (C=O) groups is 1. The molecule has 0 aliphatic rings. The minimum atomic E-state index is -4.01. The third-order valence-corrected chi connectivity index (χ3v) is 7.69. The number of hydrogen-bond acceptors (Lipinski definition) is 4. The maximum Gasteiger partial charge on any atom is 0.264 e. The second-order valence-corrected chi connectivity index (χ2v) is 10.4. The number of nitrogens with one attached hydrogen (secondary N) is 1. The Bertz CT molecular complexity index is 1410. The van der Waals surface area contributed by atoms with E-state index in [2.05, 4.69) is 5.32 Å². The summed E-state index contributed by atoms with van der Waals surface area (Å²) in [7, 11) is -4.01. The van der Waals surface area contributed by atoms with Crippen molar-refractivity contribution in [1.82, 2.24) is 5.32 Å². The van der Waals surface area contributed by atoms with Crippen LogP contribution in [0.2, 0.25) is 0 Å². The Kier molecular flexibility index (Phi) is 8.25. The van der Waals surface area contributed by atoms with Crippen LogP contribution in [-0.4, -0.2) is 27.5 Å². The molecule has 6 nitrogen and oxygen atoms in total. The SMILES string of the molecule is CCOc1ccc(N(CC(=O)N[C@@H](c2ccccc2)c2ccc(C)cc2)S(=O)(=O)c2ccccc2)cc1. The van der Waals surface area contributed by atoms with Gasteiger partial charge in [-0.25, -0.2) is 8.42 Å². The fourth-order valence-corrected chi connectivity index (χ4v) is 5.45. The largest absolute Gasteiger partial charge is 0.494 e. The molecule has 4 aromatic carbocycles. The van der Waals surface area contributed by atoms with E-state index in [1.807, 2.05) is 68.4 Å². The molecule has 4 rings (SSSR count). The zero-order valence-electron chi connectivity index (χ0n) is 20.9. The maximum absolute atomic E-state index is 13.7. The van der Waals surface area contributed by atoms with Crippen LogP contribution in [0.1, 0.15) is 29.7 Å². The lowest BCUT2D eigenvalue weighted by Gasteiger charge is -2.26. The van der Waals surface area contributed by atoms with Crippen molar-refractivity contribution in [2.45, 2.75) is 24.8 Å². The van der Waals surface area contributed by atoms with Crippen molar-refractivity contribution < 1.29 is 17.9 Å². The van der Waals surface area contributed by atoms with E-state index in [1.54, 1.807) is 42.5 Å². The number of ether oxygens (including phenoxy) is 1. The molecule has 0 aromatic heterocycles. The highest BCUT2D eigenvalue weighted by atomic mass is 32.2. The minimum Gasteiger partial charge on any atom is -0.494 e. The summed E-state index contributed by atoms with van der Waals surface area (Å²) < 4.78 is 33.9. The zero-order valence-corrected chi connectivity index (χ0v) is 21.7. The van der Waals surface area contributed by atoms with Crippen LogP contribution in [0.5, 0.6) is 5.75 Å². The molecule has 0 unspecified atom stereocenters. The first kappa shape index (κ1) is 26.0. The highest BCUT2D eigenvalue weighted by Crippen LogP contribution is 2.27. The highest BCUT2D eigenvalue weighted by Gasteiger charge is 2.28. The number of rotatable bonds is 10. The summed E-state index contributed by atoms with van der Waals surface area (Å²) >= 11 is 0. The van der Waals surface area contributed by atoms with Gasteiger partial charge in [0.25, 0.3) is 10.0 Å². The van der Waals surface area contributed by atoms with E-state index in [0.717, 1.165) is 21.0 Å². The molecule has 7 heteroatoms. The van der Waals surface area contributed by atoms with Gasteiger partial charge in [0.2, 0.25) is 5.91 Å². The molecule has 0 heterocycles. The topological polar surface area (TPSA) is 75.7 Å². The van der Waals surface area contributed by atoms with Crippen LogP contribution >= 0.6 is 0 Å². The number of sulfonamides is 1. The van der Waals surface area contributed by atoms with E-state index in [9.17, 15) is 13.2 Å². The van der Waals surface area contributed by atoms with Crippen molar-refractivity contribution in [1.29, 1.82) is 0 Å². The van der Waals surface area contributed by atoms with Crippen LogP contribution in [0, 0.1) is 6.92 Å². The molecule has 0 spiro atoms. The number of carbonyl (C=O) groups excluding carboxylic acids is 1. The quantitative estimate of drug-likeness (QED) is 0.303. The standard InChI is InChI=1S/C30H30N2O4S/c1-3-36-27-20-18-26(19-21-27)32(37(34,35)28-12-8-5-9-13-28)22-29(33)31-30(24-10-6-4-7-11-24)25-16-14-23(2)15-17-25/h4-21,30H,3,22H2,1-2H3,(H,31,33)/t30-/m0/s1. The summed E-state index contributed by atoms with van der Waals surface area (Å²) in [5.41, 5.74) is 3.29. The van der Waals surface area contributed by atoms with E-state index in [4.69, 9.17) is 4.74 Å². The van der Waals surface area contributed by atoms with E-state index in [1.165, 1.54) is 12.1 Å².